The van der Waals surface area contributed by atoms with E-state index in [1.54, 1.807) is 14.0 Å². The summed E-state index contributed by atoms with van der Waals surface area (Å²) < 4.78 is 7.84. The maximum Gasteiger partial charge on any atom is 0.224 e. The van der Waals surface area contributed by atoms with Gasteiger partial charge in [0.15, 0.2) is 0 Å². The molecular weight excluding hydrogens is 468 g/mol. The molecule has 6 rings (SSSR count). The Balaban J connectivity index is 1.39. The van der Waals surface area contributed by atoms with E-state index in [1.165, 1.54) is 5.69 Å². The summed E-state index contributed by atoms with van der Waals surface area (Å²) in [6.45, 7) is 5.97. The van der Waals surface area contributed by atoms with E-state index in [1.807, 2.05) is 11.1 Å². The molecule has 3 aliphatic heterocycles. The summed E-state index contributed by atoms with van der Waals surface area (Å²) in [6, 6.07) is 8.74. The number of benzene rings is 1. The summed E-state index contributed by atoms with van der Waals surface area (Å²) in [5.74, 6) is 1.09. The smallest absolute Gasteiger partial charge is 0.224 e. The molecule has 0 radical (unpaired) electrons. The van der Waals surface area contributed by atoms with Gasteiger partial charge in [-0.3, -0.25) is 14.3 Å². The fraction of sp³-hybridized carbons (Fsp3) is 0.500. The third-order valence-electron chi connectivity index (χ3n) is 8.20. The summed E-state index contributed by atoms with van der Waals surface area (Å²) in [7, 11) is 1.69. The van der Waals surface area contributed by atoms with Crippen molar-refractivity contribution in [2.75, 3.05) is 44.8 Å². The second kappa shape index (κ2) is 9.78. The van der Waals surface area contributed by atoms with Gasteiger partial charge in [-0.2, -0.15) is 5.10 Å². The van der Waals surface area contributed by atoms with Crippen LogP contribution in [0.2, 0.25) is 0 Å². The normalized spacial score (nSPS) is 20.3. The molecule has 3 aliphatic rings. The van der Waals surface area contributed by atoms with Crippen LogP contribution in [0.4, 0.5) is 5.82 Å². The average Bonchev–Trinajstić information content (AvgIpc) is 3.58. The molecule has 0 aliphatic carbocycles. The molecule has 2 amide bonds. The van der Waals surface area contributed by atoms with Crippen LogP contribution < -0.4 is 10.2 Å². The first-order valence-corrected chi connectivity index (χ1v) is 13.3. The first-order chi connectivity index (χ1) is 18.0. The van der Waals surface area contributed by atoms with Crippen LogP contribution >= 0.6 is 0 Å². The van der Waals surface area contributed by atoms with Crippen molar-refractivity contribution in [3.63, 3.8) is 0 Å². The van der Waals surface area contributed by atoms with Gasteiger partial charge in [0.1, 0.15) is 5.82 Å². The van der Waals surface area contributed by atoms with Crippen LogP contribution in [0, 0.1) is 5.92 Å². The predicted molar refractivity (Wildman–Crippen MR) is 141 cm³/mol. The number of amides is 2. The predicted octanol–water partition coefficient (Wildman–Crippen LogP) is 2.93. The second-order valence-corrected chi connectivity index (χ2v) is 10.4. The third-order valence-corrected chi connectivity index (χ3v) is 8.20. The molecule has 9 heteroatoms. The van der Waals surface area contributed by atoms with E-state index in [0.29, 0.717) is 19.1 Å². The Labute approximate surface area is 216 Å². The van der Waals surface area contributed by atoms with E-state index in [-0.39, 0.29) is 17.7 Å². The molecule has 0 saturated carbocycles. The highest BCUT2D eigenvalue weighted by Crippen LogP contribution is 2.37. The van der Waals surface area contributed by atoms with Crippen LogP contribution in [-0.4, -0.2) is 71.4 Å². The quantitative estimate of drug-likeness (QED) is 0.590. The first kappa shape index (κ1) is 23.9. The van der Waals surface area contributed by atoms with Crippen molar-refractivity contribution >= 4 is 28.4 Å². The average molecular weight is 503 g/mol. The van der Waals surface area contributed by atoms with Gasteiger partial charge in [0, 0.05) is 88.2 Å². The molecule has 2 aromatic heterocycles. The molecule has 5 heterocycles. The SMILES string of the molecule is CNC(=O)[C@H]1CCN(c2cc3cccc(-c4nn(C5CCOCC5)c5c4CN(C(C)=O)CC5)c3cn2)C1. The minimum Gasteiger partial charge on any atom is -0.381 e. The Bertz CT molecular complexity index is 1350. The summed E-state index contributed by atoms with van der Waals surface area (Å²) >= 11 is 0. The second-order valence-electron chi connectivity index (χ2n) is 10.4. The number of anilines is 1. The lowest BCUT2D eigenvalue weighted by Gasteiger charge is -2.29. The van der Waals surface area contributed by atoms with Gasteiger partial charge in [0.05, 0.1) is 17.7 Å². The summed E-state index contributed by atoms with van der Waals surface area (Å²) in [5, 5.41) is 10.1. The van der Waals surface area contributed by atoms with E-state index >= 15 is 0 Å². The highest BCUT2D eigenvalue weighted by Gasteiger charge is 2.31. The van der Waals surface area contributed by atoms with Gasteiger partial charge >= 0.3 is 0 Å². The minimum absolute atomic E-state index is 0.00118. The molecule has 1 aromatic carbocycles. The highest BCUT2D eigenvalue weighted by molar-refractivity contribution is 5.97. The zero-order valence-electron chi connectivity index (χ0n) is 21.6. The fourth-order valence-electron chi connectivity index (χ4n) is 6.09. The molecule has 2 fully saturated rings. The molecule has 3 aromatic rings. The minimum atomic E-state index is -0.00118. The molecule has 1 N–H and O–H groups in total. The summed E-state index contributed by atoms with van der Waals surface area (Å²) in [4.78, 5) is 33.3. The number of nitrogens with one attached hydrogen (secondary N) is 1. The Morgan fingerprint density at radius 3 is 2.76 bits per heavy atom. The van der Waals surface area contributed by atoms with E-state index in [2.05, 4.69) is 39.2 Å². The number of aromatic nitrogens is 3. The molecule has 1 atom stereocenters. The molecule has 0 bridgehead atoms. The van der Waals surface area contributed by atoms with Crippen molar-refractivity contribution in [3.8, 4) is 11.3 Å². The van der Waals surface area contributed by atoms with Gasteiger partial charge in [-0.25, -0.2) is 4.98 Å². The van der Waals surface area contributed by atoms with E-state index in [9.17, 15) is 9.59 Å². The van der Waals surface area contributed by atoms with Crippen LogP contribution in [0.1, 0.15) is 43.5 Å². The molecular formula is C28H34N6O3. The number of carbonyl (C=O) groups excluding carboxylic acids is 2. The summed E-state index contributed by atoms with van der Waals surface area (Å²) in [6.07, 6.45) is 5.50. The van der Waals surface area contributed by atoms with Gasteiger partial charge in [0.2, 0.25) is 11.8 Å². The van der Waals surface area contributed by atoms with Crippen molar-refractivity contribution in [2.45, 2.75) is 45.2 Å². The largest absolute Gasteiger partial charge is 0.381 e. The maximum absolute atomic E-state index is 12.3. The number of pyridine rings is 1. The van der Waals surface area contributed by atoms with Crippen molar-refractivity contribution in [1.29, 1.82) is 0 Å². The van der Waals surface area contributed by atoms with Gasteiger partial charge in [-0.05, 0) is 30.7 Å². The standard InChI is InChI=1S/C28H34N6O3/c1-18(35)32-11-7-25-24(17-32)27(31-34(25)21-8-12-37-13-9-21)22-5-3-4-19-14-26(30-15-23(19)22)33-10-6-20(16-33)28(36)29-2/h3-5,14-15,20-21H,6-13,16-17H2,1-2H3,(H,29,36)/t20-/m0/s1. The van der Waals surface area contributed by atoms with Gasteiger partial charge in [-0.15, -0.1) is 0 Å². The fourth-order valence-corrected chi connectivity index (χ4v) is 6.09. The third kappa shape index (κ3) is 4.35. The number of ether oxygens (including phenoxy) is 1. The lowest BCUT2D eigenvalue weighted by atomic mass is 9.97. The summed E-state index contributed by atoms with van der Waals surface area (Å²) in [5.41, 5.74) is 4.40. The molecule has 9 nitrogen and oxygen atoms in total. The van der Waals surface area contributed by atoms with Crippen molar-refractivity contribution in [3.05, 3.63) is 41.7 Å². The lowest BCUT2D eigenvalue weighted by molar-refractivity contribution is -0.129. The van der Waals surface area contributed by atoms with E-state index in [4.69, 9.17) is 14.8 Å². The van der Waals surface area contributed by atoms with Crippen molar-refractivity contribution < 1.29 is 14.3 Å². The van der Waals surface area contributed by atoms with Crippen LogP contribution in [0.3, 0.4) is 0 Å². The maximum atomic E-state index is 12.3. The Morgan fingerprint density at radius 2 is 1.97 bits per heavy atom. The van der Waals surface area contributed by atoms with Crippen molar-refractivity contribution in [1.82, 2.24) is 25.0 Å². The number of rotatable bonds is 4. The Kier molecular flexibility index (Phi) is 6.32. The van der Waals surface area contributed by atoms with Gasteiger partial charge in [0.25, 0.3) is 0 Å². The Morgan fingerprint density at radius 1 is 1.14 bits per heavy atom. The highest BCUT2D eigenvalue weighted by atomic mass is 16.5. The van der Waals surface area contributed by atoms with Crippen LogP contribution in [0.15, 0.2) is 30.5 Å². The van der Waals surface area contributed by atoms with Gasteiger partial charge in [-0.1, -0.05) is 18.2 Å². The number of hydrogen-bond acceptors (Lipinski definition) is 6. The number of fused-ring (bicyclic) bond motifs is 2. The van der Waals surface area contributed by atoms with E-state index < -0.39 is 0 Å². The topological polar surface area (TPSA) is 92.6 Å². The van der Waals surface area contributed by atoms with Gasteiger partial charge < -0.3 is 19.9 Å². The first-order valence-electron chi connectivity index (χ1n) is 13.3. The molecule has 0 spiro atoms. The Hall–Kier alpha value is -3.46. The zero-order valence-corrected chi connectivity index (χ0v) is 21.6. The van der Waals surface area contributed by atoms with Crippen LogP contribution in [-0.2, 0) is 27.3 Å². The molecule has 2 saturated heterocycles. The van der Waals surface area contributed by atoms with Crippen molar-refractivity contribution in [2.24, 2.45) is 5.92 Å². The van der Waals surface area contributed by atoms with E-state index in [0.717, 1.165) is 85.4 Å². The number of carbonyl (C=O) groups is 2. The number of nitrogens with zero attached hydrogens (tertiary/aromatic N) is 5. The lowest BCUT2D eigenvalue weighted by Crippen LogP contribution is -2.35. The monoisotopic (exact) mass is 502 g/mol. The van der Waals surface area contributed by atoms with Crippen LogP contribution in [0.25, 0.3) is 22.0 Å². The molecule has 194 valence electrons. The molecule has 0 unspecified atom stereocenters. The zero-order chi connectivity index (χ0) is 25.5. The molecule has 37 heavy (non-hydrogen) atoms. The number of hydrogen-bond donors (Lipinski definition) is 1. The van der Waals surface area contributed by atoms with Crippen LogP contribution in [0.5, 0.6) is 0 Å².